The Bertz CT molecular complexity index is 266. The van der Waals surface area contributed by atoms with Crippen LogP contribution in [0.2, 0.25) is 0 Å². The van der Waals surface area contributed by atoms with Gasteiger partial charge in [-0.05, 0) is 39.5 Å². The Morgan fingerprint density at radius 3 is 2.21 bits per heavy atom. The van der Waals surface area contributed by atoms with E-state index in [1.807, 2.05) is 0 Å². The van der Waals surface area contributed by atoms with Crippen LogP contribution >= 0.6 is 0 Å². The van der Waals surface area contributed by atoms with Crippen molar-refractivity contribution in [2.45, 2.75) is 64.5 Å². The molecule has 2 unspecified atom stereocenters. The van der Waals surface area contributed by atoms with Crippen molar-refractivity contribution in [1.82, 2.24) is 9.80 Å². The largest absolute Gasteiger partial charge is 0.393 e. The number of hydrogen-bond donors (Lipinski definition) is 1. The van der Waals surface area contributed by atoms with E-state index in [-0.39, 0.29) is 6.10 Å². The van der Waals surface area contributed by atoms with Crippen molar-refractivity contribution in [2.75, 3.05) is 32.7 Å². The summed E-state index contributed by atoms with van der Waals surface area (Å²) in [6.07, 6.45) is 6.03. The average molecular weight is 268 g/mol. The molecule has 0 bridgehead atoms. The lowest BCUT2D eigenvalue weighted by Crippen LogP contribution is -2.54. The molecule has 1 aliphatic heterocycles. The fraction of sp³-hybridized carbons (Fsp3) is 1.00. The molecule has 3 heteroatoms. The third-order valence-corrected chi connectivity index (χ3v) is 4.93. The highest BCUT2D eigenvalue weighted by molar-refractivity contribution is 4.84. The van der Waals surface area contributed by atoms with Gasteiger partial charge in [-0.2, -0.15) is 0 Å². The molecule has 19 heavy (non-hydrogen) atoms. The van der Waals surface area contributed by atoms with Gasteiger partial charge in [-0.15, -0.1) is 0 Å². The summed E-state index contributed by atoms with van der Waals surface area (Å²) >= 11 is 0. The molecule has 112 valence electrons. The van der Waals surface area contributed by atoms with Gasteiger partial charge >= 0.3 is 0 Å². The molecule has 0 aromatic carbocycles. The molecule has 1 saturated heterocycles. The first-order valence-corrected chi connectivity index (χ1v) is 8.12. The molecular formula is C16H32N2O. The van der Waals surface area contributed by atoms with E-state index in [9.17, 15) is 5.11 Å². The van der Waals surface area contributed by atoms with Gasteiger partial charge in [-0.1, -0.05) is 19.3 Å². The van der Waals surface area contributed by atoms with Gasteiger partial charge in [0.1, 0.15) is 0 Å². The molecule has 0 aromatic heterocycles. The van der Waals surface area contributed by atoms with Crippen molar-refractivity contribution in [2.24, 2.45) is 5.92 Å². The summed E-state index contributed by atoms with van der Waals surface area (Å²) in [4.78, 5) is 5.15. The summed E-state index contributed by atoms with van der Waals surface area (Å²) < 4.78 is 0. The normalized spacial score (nSPS) is 32.2. The highest BCUT2D eigenvalue weighted by Gasteiger charge is 2.29. The minimum absolute atomic E-state index is 0.0526. The first-order chi connectivity index (χ1) is 8.97. The van der Waals surface area contributed by atoms with Crippen LogP contribution in [0.25, 0.3) is 0 Å². The van der Waals surface area contributed by atoms with Gasteiger partial charge in [0.2, 0.25) is 0 Å². The lowest BCUT2D eigenvalue weighted by molar-refractivity contribution is 0.0297. The predicted molar refractivity (Wildman–Crippen MR) is 80.3 cm³/mol. The molecule has 2 fully saturated rings. The van der Waals surface area contributed by atoms with Gasteiger partial charge in [-0.25, -0.2) is 0 Å². The molecule has 0 spiro atoms. The second-order valence-electron chi connectivity index (χ2n) is 7.42. The minimum atomic E-state index is -0.0526. The van der Waals surface area contributed by atoms with E-state index >= 15 is 0 Å². The second kappa shape index (κ2) is 6.55. The van der Waals surface area contributed by atoms with Crippen LogP contribution in [0.3, 0.4) is 0 Å². The molecule has 1 aliphatic carbocycles. The van der Waals surface area contributed by atoms with Crippen molar-refractivity contribution in [1.29, 1.82) is 0 Å². The number of aliphatic hydroxyl groups excluding tert-OH is 1. The van der Waals surface area contributed by atoms with Crippen LogP contribution < -0.4 is 0 Å². The summed E-state index contributed by atoms with van der Waals surface area (Å²) in [5, 5.41) is 10.2. The molecule has 1 N–H and O–H groups in total. The fourth-order valence-electron chi connectivity index (χ4n) is 3.51. The summed E-state index contributed by atoms with van der Waals surface area (Å²) in [7, 11) is 0. The Labute approximate surface area is 119 Å². The van der Waals surface area contributed by atoms with E-state index in [0.29, 0.717) is 11.5 Å². The maximum absolute atomic E-state index is 10.2. The van der Waals surface area contributed by atoms with Crippen LogP contribution in [0, 0.1) is 5.92 Å². The Morgan fingerprint density at radius 1 is 0.947 bits per heavy atom. The number of aliphatic hydroxyl groups is 1. The number of nitrogens with zero attached hydrogens (tertiary/aromatic N) is 2. The van der Waals surface area contributed by atoms with E-state index in [0.717, 1.165) is 13.0 Å². The van der Waals surface area contributed by atoms with E-state index in [1.54, 1.807) is 0 Å². The third-order valence-electron chi connectivity index (χ3n) is 4.93. The van der Waals surface area contributed by atoms with Crippen molar-refractivity contribution in [3.63, 3.8) is 0 Å². The maximum Gasteiger partial charge on any atom is 0.0580 e. The number of piperazine rings is 1. The summed E-state index contributed by atoms with van der Waals surface area (Å²) in [6, 6.07) is 0. The van der Waals surface area contributed by atoms with E-state index in [4.69, 9.17) is 0 Å². The molecule has 3 nitrogen and oxygen atoms in total. The maximum atomic E-state index is 10.2. The quantitative estimate of drug-likeness (QED) is 0.779. The summed E-state index contributed by atoms with van der Waals surface area (Å²) in [5.41, 5.74) is 0.300. The third kappa shape index (κ3) is 4.44. The molecule has 0 radical (unpaired) electrons. The molecule has 2 atom stereocenters. The fourth-order valence-corrected chi connectivity index (χ4v) is 3.51. The molecular weight excluding hydrogens is 236 g/mol. The van der Waals surface area contributed by atoms with Crippen molar-refractivity contribution in [3.05, 3.63) is 0 Å². The lowest BCUT2D eigenvalue weighted by Gasteiger charge is -2.43. The highest BCUT2D eigenvalue weighted by Crippen LogP contribution is 2.25. The molecule has 1 heterocycles. The highest BCUT2D eigenvalue weighted by atomic mass is 16.3. The van der Waals surface area contributed by atoms with Crippen LogP contribution in [-0.4, -0.2) is 59.3 Å². The summed E-state index contributed by atoms with van der Waals surface area (Å²) in [5.74, 6) is 0.517. The van der Waals surface area contributed by atoms with Gasteiger partial charge in [0.05, 0.1) is 6.10 Å². The number of hydrogen-bond acceptors (Lipinski definition) is 3. The van der Waals surface area contributed by atoms with Crippen molar-refractivity contribution < 1.29 is 5.11 Å². The first-order valence-electron chi connectivity index (χ1n) is 8.12. The van der Waals surface area contributed by atoms with Gasteiger partial charge < -0.3 is 10.0 Å². The monoisotopic (exact) mass is 268 g/mol. The predicted octanol–water partition coefficient (Wildman–Crippen LogP) is 2.34. The van der Waals surface area contributed by atoms with Crippen molar-refractivity contribution in [3.8, 4) is 0 Å². The van der Waals surface area contributed by atoms with E-state index in [1.165, 1.54) is 51.9 Å². The van der Waals surface area contributed by atoms with E-state index in [2.05, 4.69) is 30.6 Å². The van der Waals surface area contributed by atoms with Gasteiger partial charge in [0.15, 0.2) is 0 Å². The molecule has 2 aliphatic rings. The average Bonchev–Trinajstić information content (AvgIpc) is 2.55. The van der Waals surface area contributed by atoms with Crippen LogP contribution in [-0.2, 0) is 0 Å². The van der Waals surface area contributed by atoms with Crippen molar-refractivity contribution >= 4 is 0 Å². The molecule has 0 aromatic rings. The Kier molecular flexibility index (Phi) is 5.27. The number of rotatable bonds is 2. The minimum Gasteiger partial charge on any atom is -0.393 e. The zero-order valence-electron chi connectivity index (χ0n) is 13.1. The van der Waals surface area contributed by atoms with Crippen LogP contribution in [0.4, 0.5) is 0 Å². The zero-order valence-corrected chi connectivity index (χ0v) is 13.1. The smallest absolute Gasteiger partial charge is 0.0580 e. The van der Waals surface area contributed by atoms with E-state index < -0.39 is 0 Å². The zero-order chi connectivity index (χ0) is 13.9. The Balaban J connectivity index is 1.78. The summed E-state index contributed by atoms with van der Waals surface area (Å²) in [6.45, 7) is 12.7. The molecule has 2 rings (SSSR count). The standard InChI is InChI=1S/C16H32N2O/c1-16(2,3)18-11-9-17(10-12-18)13-14-7-5-4-6-8-15(14)19/h14-15,19H,4-13H2,1-3H3. The lowest BCUT2D eigenvalue weighted by atomic mass is 9.96. The Morgan fingerprint density at radius 2 is 1.58 bits per heavy atom. The first kappa shape index (κ1) is 15.3. The Hall–Kier alpha value is -0.120. The molecule has 1 saturated carbocycles. The van der Waals surface area contributed by atoms with Gasteiger partial charge in [0, 0.05) is 38.3 Å². The SMILES string of the molecule is CC(C)(C)N1CCN(CC2CCCCCC2O)CC1. The van der Waals surface area contributed by atoms with Crippen LogP contribution in [0.5, 0.6) is 0 Å². The second-order valence-corrected chi connectivity index (χ2v) is 7.42. The van der Waals surface area contributed by atoms with Crippen LogP contribution in [0.1, 0.15) is 52.9 Å². The van der Waals surface area contributed by atoms with Gasteiger partial charge in [-0.3, -0.25) is 4.90 Å². The van der Waals surface area contributed by atoms with Gasteiger partial charge in [0.25, 0.3) is 0 Å². The topological polar surface area (TPSA) is 26.7 Å². The van der Waals surface area contributed by atoms with Crippen LogP contribution in [0.15, 0.2) is 0 Å². The molecule has 0 amide bonds.